The van der Waals surface area contributed by atoms with Crippen molar-refractivity contribution in [2.45, 2.75) is 5.92 Å². The van der Waals surface area contributed by atoms with Crippen LogP contribution in [0.25, 0.3) is 11.0 Å². The van der Waals surface area contributed by atoms with E-state index in [2.05, 4.69) is 10.3 Å². The fraction of sp³-hybridized carbons (Fsp3) is 0.0500. The van der Waals surface area contributed by atoms with Crippen molar-refractivity contribution >= 4 is 16.9 Å². The molecule has 0 saturated heterocycles. The van der Waals surface area contributed by atoms with Crippen molar-refractivity contribution in [1.29, 1.82) is 0 Å². The van der Waals surface area contributed by atoms with Gasteiger partial charge in [0.25, 0.3) is 5.91 Å². The second kappa shape index (κ2) is 6.08. The number of aromatic nitrogens is 3. The second-order valence-electron chi connectivity index (χ2n) is 5.58. The fourth-order valence-corrected chi connectivity index (χ4v) is 2.92. The molecular weight excluding hydrogens is 298 g/mol. The summed E-state index contributed by atoms with van der Waals surface area (Å²) >= 11 is 0. The highest BCUT2D eigenvalue weighted by atomic mass is 16.2. The van der Waals surface area contributed by atoms with E-state index in [1.807, 2.05) is 84.9 Å². The molecule has 0 aliphatic heterocycles. The van der Waals surface area contributed by atoms with Gasteiger partial charge < -0.3 is 0 Å². The van der Waals surface area contributed by atoms with Crippen molar-refractivity contribution in [3.8, 4) is 0 Å². The number of rotatable bonds is 3. The van der Waals surface area contributed by atoms with Crippen molar-refractivity contribution in [3.63, 3.8) is 0 Å². The average molecular weight is 313 g/mol. The third-order valence-corrected chi connectivity index (χ3v) is 4.07. The Morgan fingerprint density at radius 3 is 1.92 bits per heavy atom. The van der Waals surface area contributed by atoms with Gasteiger partial charge in [-0.2, -0.15) is 4.68 Å². The summed E-state index contributed by atoms with van der Waals surface area (Å²) in [7, 11) is 0. The minimum atomic E-state index is -0.419. The van der Waals surface area contributed by atoms with E-state index in [1.165, 1.54) is 4.68 Å². The Labute approximate surface area is 139 Å². The number of fused-ring (bicyclic) bond motifs is 1. The number of benzene rings is 3. The van der Waals surface area contributed by atoms with E-state index in [4.69, 9.17) is 0 Å². The summed E-state index contributed by atoms with van der Waals surface area (Å²) in [5.41, 5.74) is 3.31. The van der Waals surface area contributed by atoms with Crippen LogP contribution in [-0.4, -0.2) is 20.9 Å². The molecular formula is C20H15N3O. The molecule has 0 amide bonds. The SMILES string of the molecule is O=C(C(c1ccccc1)c1ccccc1)n1nnc2ccccc21. The van der Waals surface area contributed by atoms with Crippen molar-refractivity contribution < 1.29 is 4.79 Å². The van der Waals surface area contributed by atoms with Gasteiger partial charge in [0.15, 0.2) is 0 Å². The maximum absolute atomic E-state index is 13.3. The molecule has 0 bridgehead atoms. The fourth-order valence-electron chi connectivity index (χ4n) is 2.92. The first kappa shape index (κ1) is 14.3. The summed E-state index contributed by atoms with van der Waals surface area (Å²) in [6, 6.07) is 27.0. The molecule has 4 aromatic rings. The summed E-state index contributed by atoms with van der Waals surface area (Å²) in [4.78, 5) is 13.3. The molecule has 24 heavy (non-hydrogen) atoms. The van der Waals surface area contributed by atoms with Gasteiger partial charge >= 0.3 is 0 Å². The van der Waals surface area contributed by atoms with Crippen molar-refractivity contribution in [2.75, 3.05) is 0 Å². The van der Waals surface area contributed by atoms with Crippen molar-refractivity contribution in [1.82, 2.24) is 15.0 Å². The highest BCUT2D eigenvalue weighted by Gasteiger charge is 2.26. The van der Waals surface area contributed by atoms with Gasteiger partial charge in [0.05, 0.1) is 11.4 Å². The Balaban J connectivity index is 1.86. The molecule has 0 saturated carbocycles. The van der Waals surface area contributed by atoms with Gasteiger partial charge in [-0.05, 0) is 23.3 Å². The third-order valence-electron chi connectivity index (χ3n) is 4.07. The zero-order valence-corrected chi connectivity index (χ0v) is 12.9. The first-order valence-corrected chi connectivity index (χ1v) is 7.79. The maximum Gasteiger partial charge on any atom is 0.260 e. The summed E-state index contributed by atoms with van der Waals surface area (Å²) in [5, 5.41) is 8.19. The van der Waals surface area contributed by atoms with E-state index < -0.39 is 5.92 Å². The van der Waals surface area contributed by atoms with Crippen LogP contribution in [0.1, 0.15) is 21.8 Å². The number of carbonyl (C=O) groups is 1. The van der Waals surface area contributed by atoms with Crippen molar-refractivity contribution in [2.24, 2.45) is 0 Å². The van der Waals surface area contributed by atoms with Crippen LogP contribution in [0, 0.1) is 0 Å². The molecule has 4 rings (SSSR count). The molecule has 0 spiro atoms. The lowest BCUT2D eigenvalue weighted by Crippen LogP contribution is -2.22. The highest BCUT2D eigenvalue weighted by Crippen LogP contribution is 2.27. The minimum absolute atomic E-state index is 0.110. The van der Waals surface area contributed by atoms with E-state index in [0.717, 1.165) is 16.6 Å². The van der Waals surface area contributed by atoms with Gasteiger partial charge in [-0.1, -0.05) is 78.0 Å². The van der Waals surface area contributed by atoms with Gasteiger partial charge in [-0.25, -0.2) is 0 Å². The first-order valence-electron chi connectivity index (χ1n) is 7.79. The summed E-state index contributed by atoms with van der Waals surface area (Å²) < 4.78 is 1.40. The van der Waals surface area contributed by atoms with E-state index >= 15 is 0 Å². The van der Waals surface area contributed by atoms with Gasteiger partial charge in [0.1, 0.15) is 5.52 Å². The third kappa shape index (κ3) is 2.48. The van der Waals surface area contributed by atoms with Crippen LogP contribution in [0.3, 0.4) is 0 Å². The molecule has 1 heterocycles. The maximum atomic E-state index is 13.3. The van der Waals surface area contributed by atoms with Gasteiger partial charge in [-0.3, -0.25) is 4.79 Å². The highest BCUT2D eigenvalue weighted by molar-refractivity contribution is 5.94. The minimum Gasteiger partial charge on any atom is -0.271 e. The zero-order valence-electron chi connectivity index (χ0n) is 12.9. The van der Waals surface area contributed by atoms with Crippen LogP contribution in [0.5, 0.6) is 0 Å². The lowest BCUT2D eigenvalue weighted by Gasteiger charge is -2.16. The van der Waals surface area contributed by atoms with Gasteiger partial charge in [0.2, 0.25) is 0 Å². The van der Waals surface area contributed by atoms with E-state index in [0.29, 0.717) is 5.52 Å². The molecule has 0 N–H and O–H groups in total. The number of nitrogens with zero attached hydrogens (tertiary/aromatic N) is 3. The molecule has 3 aromatic carbocycles. The average Bonchev–Trinajstić information content (AvgIpc) is 3.08. The van der Waals surface area contributed by atoms with E-state index in [-0.39, 0.29) is 5.91 Å². The Hall–Kier alpha value is -3.27. The smallest absolute Gasteiger partial charge is 0.260 e. The van der Waals surface area contributed by atoms with Crippen LogP contribution < -0.4 is 0 Å². The molecule has 0 unspecified atom stereocenters. The van der Waals surface area contributed by atoms with Crippen LogP contribution in [0.15, 0.2) is 84.9 Å². The predicted octanol–water partition coefficient (Wildman–Crippen LogP) is 3.90. The molecule has 116 valence electrons. The number of para-hydroxylation sites is 1. The Kier molecular flexibility index (Phi) is 3.63. The first-order chi connectivity index (χ1) is 11.8. The molecule has 4 nitrogen and oxygen atoms in total. The Morgan fingerprint density at radius 1 is 0.750 bits per heavy atom. The van der Waals surface area contributed by atoms with Crippen LogP contribution in [-0.2, 0) is 0 Å². The molecule has 0 fully saturated rings. The Morgan fingerprint density at radius 2 is 1.29 bits per heavy atom. The number of carbonyl (C=O) groups excluding carboxylic acids is 1. The molecule has 0 aliphatic rings. The standard InChI is InChI=1S/C20H15N3O/c24-20(23-18-14-8-7-13-17(18)21-22-23)19(15-9-3-1-4-10-15)16-11-5-2-6-12-16/h1-14,19H. The number of hydrogen-bond acceptors (Lipinski definition) is 3. The monoisotopic (exact) mass is 313 g/mol. The molecule has 0 atom stereocenters. The topological polar surface area (TPSA) is 47.8 Å². The van der Waals surface area contributed by atoms with Crippen LogP contribution >= 0.6 is 0 Å². The van der Waals surface area contributed by atoms with E-state index in [9.17, 15) is 4.79 Å². The lowest BCUT2D eigenvalue weighted by atomic mass is 9.90. The second-order valence-corrected chi connectivity index (χ2v) is 5.58. The molecule has 0 radical (unpaired) electrons. The molecule has 0 aliphatic carbocycles. The molecule has 4 heteroatoms. The lowest BCUT2D eigenvalue weighted by molar-refractivity contribution is 0.0880. The van der Waals surface area contributed by atoms with Gasteiger partial charge in [-0.15, -0.1) is 5.10 Å². The normalized spacial score (nSPS) is 11.0. The quantitative estimate of drug-likeness (QED) is 0.576. The zero-order chi connectivity index (χ0) is 16.4. The number of hydrogen-bond donors (Lipinski definition) is 0. The van der Waals surface area contributed by atoms with Crippen LogP contribution in [0.4, 0.5) is 0 Å². The molecule has 1 aromatic heterocycles. The summed E-state index contributed by atoms with van der Waals surface area (Å²) in [6.45, 7) is 0. The predicted molar refractivity (Wildman–Crippen MR) is 92.9 cm³/mol. The van der Waals surface area contributed by atoms with E-state index in [1.54, 1.807) is 0 Å². The largest absolute Gasteiger partial charge is 0.271 e. The Bertz CT molecular complexity index is 938. The van der Waals surface area contributed by atoms with Crippen LogP contribution in [0.2, 0.25) is 0 Å². The van der Waals surface area contributed by atoms with Crippen molar-refractivity contribution in [3.05, 3.63) is 96.1 Å². The summed E-state index contributed by atoms with van der Waals surface area (Å²) in [6.07, 6.45) is 0. The summed E-state index contributed by atoms with van der Waals surface area (Å²) in [5.74, 6) is -0.529. The van der Waals surface area contributed by atoms with Gasteiger partial charge in [0, 0.05) is 0 Å².